The maximum absolute atomic E-state index is 14.4. The second-order valence-electron chi connectivity index (χ2n) is 8.97. The molecule has 0 atom stereocenters. The number of benzene rings is 4. The maximum Gasteiger partial charge on any atom is 0.647 e. The largest absolute Gasteiger partial charge is 0.647 e. The lowest BCUT2D eigenvalue weighted by atomic mass is 10.0. The van der Waals surface area contributed by atoms with Gasteiger partial charge < -0.3 is 13.6 Å². The fourth-order valence-corrected chi connectivity index (χ4v) is 5.23. The van der Waals surface area contributed by atoms with Crippen molar-refractivity contribution in [2.75, 3.05) is 0 Å². The van der Waals surface area contributed by atoms with Crippen LogP contribution >= 0.6 is 7.82 Å². The molecule has 0 aromatic heterocycles. The van der Waals surface area contributed by atoms with Gasteiger partial charge in [-0.2, -0.15) is 4.57 Å². The van der Waals surface area contributed by atoms with Gasteiger partial charge in [0, 0.05) is 5.56 Å². The highest BCUT2D eigenvalue weighted by Gasteiger charge is 2.36. The van der Waals surface area contributed by atoms with E-state index >= 15 is 0 Å². The molecule has 0 bridgehead atoms. The third-order valence-electron chi connectivity index (χ3n) is 5.68. The monoisotopic (exact) mass is 486 g/mol. The molecule has 5 heteroatoms. The summed E-state index contributed by atoms with van der Waals surface area (Å²) < 4.78 is 32.8. The van der Waals surface area contributed by atoms with E-state index in [0.717, 1.165) is 22.3 Å². The van der Waals surface area contributed by atoms with E-state index in [1.807, 2.05) is 84.9 Å². The second kappa shape index (κ2) is 10.8. The zero-order chi connectivity index (χ0) is 24.8. The third kappa shape index (κ3) is 5.96. The number of phosphoric acid groups is 1. The zero-order valence-electron chi connectivity index (χ0n) is 20.5. The van der Waals surface area contributed by atoms with Crippen molar-refractivity contribution in [3.05, 3.63) is 114 Å². The first-order chi connectivity index (χ1) is 16.9. The smallest absolute Gasteiger partial charge is 0.386 e. The Hall–Kier alpha value is -3.49. The summed E-state index contributed by atoms with van der Waals surface area (Å²) in [5, 5.41) is 0. The van der Waals surface area contributed by atoms with Gasteiger partial charge in [0.1, 0.15) is 17.2 Å². The van der Waals surface area contributed by atoms with Gasteiger partial charge in [0.05, 0.1) is 0 Å². The van der Waals surface area contributed by atoms with Crippen molar-refractivity contribution in [3.63, 3.8) is 0 Å². The summed E-state index contributed by atoms with van der Waals surface area (Å²) in [6.07, 6.45) is 0. The van der Waals surface area contributed by atoms with Crippen molar-refractivity contribution >= 4 is 7.82 Å². The van der Waals surface area contributed by atoms with Crippen LogP contribution < -0.4 is 13.6 Å². The number of hydrogen-bond donors (Lipinski definition) is 0. The summed E-state index contributed by atoms with van der Waals surface area (Å²) in [6, 6.07) is 32.4. The van der Waals surface area contributed by atoms with Gasteiger partial charge in [0.2, 0.25) is 0 Å². The predicted molar refractivity (Wildman–Crippen MR) is 142 cm³/mol. The normalized spacial score (nSPS) is 11.5. The van der Waals surface area contributed by atoms with E-state index in [1.54, 1.807) is 18.2 Å². The number of phosphoric ester groups is 1. The molecule has 0 heterocycles. The average Bonchev–Trinajstić information content (AvgIpc) is 2.85. The van der Waals surface area contributed by atoms with E-state index < -0.39 is 7.82 Å². The molecule has 4 aromatic carbocycles. The Morgan fingerprint density at radius 1 is 0.514 bits per heavy atom. The Morgan fingerprint density at radius 2 is 0.914 bits per heavy atom. The van der Waals surface area contributed by atoms with Gasteiger partial charge in [0.25, 0.3) is 0 Å². The van der Waals surface area contributed by atoms with Crippen LogP contribution in [0.3, 0.4) is 0 Å². The maximum atomic E-state index is 14.4. The van der Waals surface area contributed by atoms with Crippen LogP contribution in [0.2, 0.25) is 0 Å². The van der Waals surface area contributed by atoms with Crippen LogP contribution in [0.25, 0.3) is 11.1 Å². The Morgan fingerprint density at radius 3 is 1.43 bits per heavy atom. The van der Waals surface area contributed by atoms with Crippen molar-refractivity contribution in [2.24, 2.45) is 0 Å². The number of hydrogen-bond acceptors (Lipinski definition) is 4. The summed E-state index contributed by atoms with van der Waals surface area (Å²) in [5.74, 6) is 1.71. The first-order valence-electron chi connectivity index (χ1n) is 11.9. The Bertz CT molecular complexity index is 1260. The third-order valence-corrected chi connectivity index (χ3v) is 6.95. The summed E-state index contributed by atoms with van der Waals surface area (Å²) in [6.45, 7) is 8.25. The van der Waals surface area contributed by atoms with Gasteiger partial charge in [-0.1, -0.05) is 113 Å². The fourth-order valence-electron chi connectivity index (χ4n) is 3.90. The quantitative estimate of drug-likeness (QED) is 0.221. The molecule has 0 saturated heterocycles. The van der Waals surface area contributed by atoms with Crippen LogP contribution in [0.1, 0.15) is 50.7 Å². The van der Waals surface area contributed by atoms with E-state index in [2.05, 4.69) is 27.7 Å². The van der Waals surface area contributed by atoms with Crippen LogP contribution in [-0.2, 0) is 4.57 Å². The van der Waals surface area contributed by atoms with E-state index in [9.17, 15) is 4.57 Å². The lowest BCUT2D eigenvalue weighted by Gasteiger charge is -2.24. The molecule has 0 aliphatic heterocycles. The van der Waals surface area contributed by atoms with Crippen LogP contribution in [0.5, 0.6) is 17.2 Å². The Labute approximate surface area is 208 Å². The van der Waals surface area contributed by atoms with Crippen LogP contribution in [0.4, 0.5) is 0 Å². The molecule has 0 amide bonds. The highest BCUT2D eigenvalue weighted by Crippen LogP contribution is 2.53. The molecule has 0 aliphatic carbocycles. The van der Waals surface area contributed by atoms with Gasteiger partial charge in [0.15, 0.2) is 0 Å². The molecule has 0 saturated carbocycles. The summed E-state index contributed by atoms with van der Waals surface area (Å²) in [7, 11) is -4.17. The van der Waals surface area contributed by atoms with Crippen molar-refractivity contribution in [1.29, 1.82) is 0 Å². The number of rotatable bonds is 9. The van der Waals surface area contributed by atoms with E-state index in [-0.39, 0.29) is 11.8 Å². The standard InChI is InChI=1S/C30H31O4P/c1-22(2)25-16-8-11-19-28(25)32-35(31,33-29-20-12-9-17-26(29)23(3)4)34-30-21-13-10-18-27(30)24-14-6-5-7-15-24/h5-23H,1-4H3. The van der Waals surface area contributed by atoms with Gasteiger partial charge in [-0.05, 0) is 46.7 Å². The van der Waals surface area contributed by atoms with Gasteiger partial charge >= 0.3 is 7.82 Å². The van der Waals surface area contributed by atoms with E-state index in [0.29, 0.717) is 17.2 Å². The summed E-state index contributed by atoms with van der Waals surface area (Å²) in [5.41, 5.74) is 3.59. The minimum atomic E-state index is -4.17. The molecule has 0 unspecified atom stereocenters. The SMILES string of the molecule is CC(C)c1ccccc1OP(=O)(Oc1ccccc1-c1ccccc1)Oc1ccccc1C(C)C. The van der Waals surface area contributed by atoms with E-state index in [1.165, 1.54) is 0 Å². The van der Waals surface area contributed by atoms with Gasteiger partial charge in [-0.3, -0.25) is 0 Å². The number of para-hydroxylation sites is 3. The first-order valence-corrected chi connectivity index (χ1v) is 13.3. The van der Waals surface area contributed by atoms with Crippen molar-refractivity contribution in [3.8, 4) is 28.4 Å². The molecule has 4 aromatic rings. The van der Waals surface area contributed by atoms with Crippen LogP contribution in [0, 0.1) is 0 Å². The lowest BCUT2D eigenvalue weighted by molar-refractivity contribution is 0.296. The molecule has 0 spiro atoms. The highest BCUT2D eigenvalue weighted by molar-refractivity contribution is 7.49. The first kappa shape index (κ1) is 24.6. The summed E-state index contributed by atoms with van der Waals surface area (Å²) >= 11 is 0. The van der Waals surface area contributed by atoms with Crippen molar-refractivity contribution in [2.45, 2.75) is 39.5 Å². The van der Waals surface area contributed by atoms with Crippen molar-refractivity contribution < 1.29 is 18.1 Å². The molecular formula is C30H31O4P. The fraction of sp³-hybridized carbons (Fsp3) is 0.200. The molecule has 0 radical (unpaired) electrons. The second-order valence-corrected chi connectivity index (χ2v) is 10.4. The molecule has 0 aliphatic rings. The molecule has 0 N–H and O–H groups in total. The topological polar surface area (TPSA) is 44.8 Å². The minimum absolute atomic E-state index is 0.166. The molecular weight excluding hydrogens is 455 g/mol. The Balaban J connectivity index is 1.79. The summed E-state index contributed by atoms with van der Waals surface area (Å²) in [4.78, 5) is 0. The van der Waals surface area contributed by atoms with Crippen molar-refractivity contribution in [1.82, 2.24) is 0 Å². The average molecular weight is 487 g/mol. The molecule has 180 valence electrons. The molecule has 4 nitrogen and oxygen atoms in total. The van der Waals surface area contributed by atoms with Gasteiger partial charge in [-0.25, -0.2) is 0 Å². The van der Waals surface area contributed by atoms with Crippen LogP contribution in [0.15, 0.2) is 103 Å². The van der Waals surface area contributed by atoms with Gasteiger partial charge in [-0.15, -0.1) is 0 Å². The molecule has 0 fully saturated rings. The zero-order valence-corrected chi connectivity index (χ0v) is 21.4. The highest BCUT2D eigenvalue weighted by atomic mass is 31.2. The van der Waals surface area contributed by atoms with E-state index in [4.69, 9.17) is 13.6 Å². The van der Waals surface area contributed by atoms with Crippen LogP contribution in [-0.4, -0.2) is 0 Å². The predicted octanol–water partition coefficient (Wildman–Crippen LogP) is 9.25. The lowest BCUT2D eigenvalue weighted by Crippen LogP contribution is -2.10. The molecule has 35 heavy (non-hydrogen) atoms. The Kier molecular flexibility index (Phi) is 7.63. The molecule has 4 rings (SSSR count). The minimum Gasteiger partial charge on any atom is -0.386 e.